The monoisotopic (exact) mass is 264 g/mol. The fourth-order valence-corrected chi connectivity index (χ4v) is 2.39. The predicted octanol–water partition coefficient (Wildman–Crippen LogP) is 2.99. The van der Waals surface area contributed by atoms with Crippen molar-refractivity contribution in [2.75, 3.05) is 19.8 Å². The summed E-state index contributed by atoms with van der Waals surface area (Å²) in [5.74, 6) is 0.616. The third kappa shape index (κ3) is 4.76. The van der Waals surface area contributed by atoms with Crippen molar-refractivity contribution in [1.29, 1.82) is 0 Å². The summed E-state index contributed by atoms with van der Waals surface area (Å²) in [6.07, 6.45) is 4.14. The number of hydrogen-bond acceptors (Lipinski definition) is 2. The summed E-state index contributed by atoms with van der Waals surface area (Å²) in [6.45, 7) is 6.62. The molecule has 3 heteroatoms. The van der Waals surface area contributed by atoms with Crippen LogP contribution in [0.15, 0.2) is 0 Å². The summed E-state index contributed by atoms with van der Waals surface area (Å²) in [6, 6.07) is 0. The van der Waals surface area contributed by atoms with Crippen LogP contribution in [0.3, 0.4) is 0 Å². The third-order valence-corrected chi connectivity index (χ3v) is 3.43. The Balaban J connectivity index is 1.93. The fraction of sp³-hybridized carbons (Fsp3) is 1.00. The SMILES string of the molecule is CC(C)COCCOC1CCCC1Br. The van der Waals surface area contributed by atoms with Gasteiger partial charge in [0.15, 0.2) is 0 Å². The number of halogens is 1. The van der Waals surface area contributed by atoms with Crippen molar-refractivity contribution in [3.63, 3.8) is 0 Å². The highest BCUT2D eigenvalue weighted by molar-refractivity contribution is 9.09. The van der Waals surface area contributed by atoms with Gasteiger partial charge in [-0.2, -0.15) is 0 Å². The zero-order valence-electron chi connectivity index (χ0n) is 9.17. The van der Waals surface area contributed by atoms with Gasteiger partial charge in [-0.15, -0.1) is 0 Å². The maximum absolute atomic E-state index is 5.73. The van der Waals surface area contributed by atoms with Gasteiger partial charge in [0.05, 0.1) is 19.3 Å². The van der Waals surface area contributed by atoms with Gasteiger partial charge in [-0.1, -0.05) is 29.8 Å². The average Bonchev–Trinajstić information content (AvgIpc) is 2.51. The lowest BCUT2D eigenvalue weighted by Crippen LogP contribution is -2.20. The van der Waals surface area contributed by atoms with Gasteiger partial charge in [0.2, 0.25) is 0 Å². The van der Waals surface area contributed by atoms with Crippen molar-refractivity contribution >= 4 is 15.9 Å². The Bertz CT molecular complexity index is 150. The lowest BCUT2D eigenvalue weighted by Gasteiger charge is -2.15. The van der Waals surface area contributed by atoms with Crippen molar-refractivity contribution in [3.05, 3.63) is 0 Å². The number of alkyl halides is 1. The molecule has 2 atom stereocenters. The molecule has 1 rings (SSSR count). The molecule has 1 aliphatic rings. The van der Waals surface area contributed by atoms with E-state index in [2.05, 4.69) is 29.8 Å². The molecule has 84 valence electrons. The molecular formula is C11H21BrO2. The molecule has 1 fully saturated rings. The van der Waals surface area contributed by atoms with Crippen LogP contribution in [0, 0.1) is 5.92 Å². The summed E-state index contributed by atoms with van der Waals surface area (Å²) in [7, 11) is 0. The zero-order chi connectivity index (χ0) is 10.4. The van der Waals surface area contributed by atoms with Crippen LogP contribution in [0.5, 0.6) is 0 Å². The van der Waals surface area contributed by atoms with E-state index < -0.39 is 0 Å². The van der Waals surface area contributed by atoms with Gasteiger partial charge in [0.1, 0.15) is 0 Å². The normalized spacial score (nSPS) is 27.4. The molecule has 0 aromatic carbocycles. The van der Waals surface area contributed by atoms with Gasteiger partial charge in [0, 0.05) is 11.4 Å². The highest BCUT2D eigenvalue weighted by Gasteiger charge is 2.25. The molecule has 0 spiro atoms. The summed E-state index contributed by atoms with van der Waals surface area (Å²) < 4.78 is 11.2. The van der Waals surface area contributed by atoms with Crippen LogP contribution in [-0.4, -0.2) is 30.8 Å². The van der Waals surface area contributed by atoms with Gasteiger partial charge in [-0.3, -0.25) is 0 Å². The quantitative estimate of drug-likeness (QED) is 0.543. The van der Waals surface area contributed by atoms with E-state index in [0.29, 0.717) is 16.8 Å². The highest BCUT2D eigenvalue weighted by Crippen LogP contribution is 2.27. The van der Waals surface area contributed by atoms with E-state index in [1.165, 1.54) is 19.3 Å². The molecule has 2 unspecified atom stereocenters. The van der Waals surface area contributed by atoms with Crippen molar-refractivity contribution in [3.8, 4) is 0 Å². The lowest BCUT2D eigenvalue weighted by atomic mass is 10.2. The van der Waals surface area contributed by atoms with Crippen LogP contribution in [-0.2, 0) is 9.47 Å². The van der Waals surface area contributed by atoms with Crippen LogP contribution in [0.1, 0.15) is 33.1 Å². The number of ether oxygens (including phenoxy) is 2. The highest BCUT2D eigenvalue weighted by atomic mass is 79.9. The maximum atomic E-state index is 5.73. The van der Waals surface area contributed by atoms with Crippen molar-refractivity contribution < 1.29 is 9.47 Å². The molecule has 0 bridgehead atoms. The zero-order valence-corrected chi connectivity index (χ0v) is 10.8. The second-order valence-corrected chi connectivity index (χ2v) is 5.50. The second-order valence-electron chi connectivity index (χ2n) is 4.32. The van der Waals surface area contributed by atoms with Gasteiger partial charge < -0.3 is 9.47 Å². The molecule has 0 radical (unpaired) electrons. The lowest BCUT2D eigenvalue weighted by molar-refractivity contribution is 0.00466. The number of rotatable bonds is 6. The van der Waals surface area contributed by atoms with Crippen LogP contribution < -0.4 is 0 Å². The van der Waals surface area contributed by atoms with Crippen molar-refractivity contribution in [2.24, 2.45) is 5.92 Å². The molecule has 0 saturated heterocycles. The molecule has 14 heavy (non-hydrogen) atoms. The smallest absolute Gasteiger partial charge is 0.0704 e. The summed E-state index contributed by atoms with van der Waals surface area (Å²) in [4.78, 5) is 0.563. The van der Waals surface area contributed by atoms with Crippen LogP contribution in [0.25, 0.3) is 0 Å². The minimum absolute atomic E-state index is 0.414. The van der Waals surface area contributed by atoms with E-state index in [1.54, 1.807) is 0 Å². The minimum Gasteiger partial charge on any atom is -0.379 e. The topological polar surface area (TPSA) is 18.5 Å². The van der Waals surface area contributed by atoms with Gasteiger partial charge in [-0.25, -0.2) is 0 Å². The first-order chi connectivity index (χ1) is 6.70. The first kappa shape index (κ1) is 12.5. The Morgan fingerprint density at radius 3 is 2.64 bits per heavy atom. The Hall–Kier alpha value is 0.400. The van der Waals surface area contributed by atoms with Crippen LogP contribution >= 0.6 is 15.9 Å². The summed E-state index contributed by atoms with van der Waals surface area (Å²) >= 11 is 3.63. The Morgan fingerprint density at radius 2 is 2.07 bits per heavy atom. The molecule has 0 heterocycles. The van der Waals surface area contributed by atoms with Crippen molar-refractivity contribution in [2.45, 2.75) is 44.0 Å². The van der Waals surface area contributed by atoms with Gasteiger partial charge in [0.25, 0.3) is 0 Å². The molecule has 2 nitrogen and oxygen atoms in total. The molecule has 0 amide bonds. The number of hydrogen-bond donors (Lipinski definition) is 0. The Morgan fingerprint density at radius 1 is 1.29 bits per heavy atom. The molecule has 1 saturated carbocycles. The largest absolute Gasteiger partial charge is 0.379 e. The van der Waals surface area contributed by atoms with Gasteiger partial charge in [-0.05, 0) is 25.2 Å². The first-order valence-electron chi connectivity index (χ1n) is 5.53. The van der Waals surface area contributed by atoms with E-state index in [-0.39, 0.29) is 0 Å². The molecule has 1 aliphatic carbocycles. The minimum atomic E-state index is 0.414. The fourth-order valence-electron chi connectivity index (χ4n) is 1.65. The Kier molecular flexibility index (Phi) is 6.06. The molecule has 0 N–H and O–H groups in total. The van der Waals surface area contributed by atoms with E-state index in [0.717, 1.165) is 19.8 Å². The van der Waals surface area contributed by atoms with Crippen LogP contribution in [0.4, 0.5) is 0 Å². The summed E-state index contributed by atoms with van der Waals surface area (Å²) in [5, 5.41) is 0. The molecular weight excluding hydrogens is 244 g/mol. The Labute approximate surface area is 95.5 Å². The second kappa shape index (κ2) is 6.81. The van der Waals surface area contributed by atoms with E-state index in [9.17, 15) is 0 Å². The van der Waals surface area contributed by atoms with E-state index >= 15 is 0 Å². The van der Waals surface area contributed by atoms with Gasteiger partial charge >= 0.3 is 0 Å². The van der Waals surface area contributed by atoms with E-state index in [1.807, 2.05) is 0 Å². The third-order valence-electron chi connectivity index (χ3n) is 2.38. The van der Waals surface area contributed by atoms with Crippen LogP contribution in [0.2, 0.25) is 0 Å². The molecule has 0 aliphatic heterocycles. The van der Waals surface area contributed by atoms with E-state index in [4.69, 9.17) is 9.47 Å². The standard InChI is InChI=1S/C11H21BrO2/c1-9(2)8-13-6-7-14-11-5-3-4-10(11)12/h9-11H,3-8H2,1-2H3. The molecule has 0 aromatic rings. The summed E-state index contributed by atoms with van der Waals surface area (Å²) in [5.41, 5.74) is 0. The first-order valence-corrected chi connectivity index (χ1v) is 6.45. The average molecular weight is 265 g/mol. The maximum Gasteiger partial charge on any atom is 0.0704 e. The molecule has 0 aromatic heterocycles. The predicted molar refractivity (Wildman–Crippen MR) is 62.0 cm³/mol. The van der Waals surface area contributed by atoms with Crippen molar-refractivity contribution in [1.82, 2.24) is 0 Å².